The van der Waals surface area contributed by atoms with Gasteiger partial charge in [0, 0.05) is 51.4 Å². The summed E-state index contributed by atoms with van der Waals surface area (Å²) in [5.74, 6) is 3.80. The van der Waals surface area contributed by atoms with Crippen LogP contribution in [0.3, 0.4) is 0 Å². The standard InChI is InChI=1S/C23H32N4O4.HI/c1-24-23(25-16-17-14-21(30-4)22(31-5)15-20(17)29-3)27-12-10-26(11-13-27)18-8-6-7-9-19(18)28-2;/h6-9,14-15H,10-13,16H2,1-5H3,(H,24,25);1H. The summed E-state index contributed by atoms with van der Waals surface area (Å²) >= 11 is 0. The number of para-hydroxylation sites is 2. The molecule has 1 N–H and O–H groups in total. The van der Waals surface area contributed by atoms with Gasteiger partial charge in [0.05, 0.1) is 34.1 Å². The van der Waals surface area contributed by atoms with E-state index in [-0.39, 0.29) is 24.0 Å². The smallest absolute Gasteiger partial charge is 0.194 e. The van der Waals surface area contributed by atoms with Crippen molar-refractivity contribution in [3.05, 3.63) is 42.0 Å². The number of aliphatic imine (C=N–C) groups is 1. The van der Waals surface area contributed by atoms with Crippen LogP contribution < -0.4 is 29.2 Å². The highest BCUT2D eigenvalue weighted by Gasteiger charge is 2.22. The van der Waals surface area contributed by atoms with Gasteiger partial charge in [0.2, 0.25) is 0 Å². The first-order valence-corrected chi connectivity index (χ1v) is 10.3. The molecule has 32 heavy (non-hydrogen) atoms. The summed E-state index contributed by atoms with van der Waals surface area (Å²) in [5, 5.41) is 3.45. The van der Waals surface area contributed by atoms with Crippen molar-refractivity contribution in [1.29, 1.82) is 0 Å². The summed E-state index contributed by atoms with van der Waals surface area (Å²) in [6.45, 7) is 4.06. The number of methoxy groups -OCH3 is 4. The molecule has 1 fully saturated rings. The highest BCUT2D eigenvalue weighted by Crippen LogP contribution is 2.34. The lowest BCUT2D eigenvalue weighted by molar-refractivity contribution is 0.346. The Morgan fingerprint density at radius 1 is 0.844 bits per heavy atom. The maximum atomic E-state index is 5.54. The average Bonchev–Trinajstić information content (AvgIpc) is 2.84. The van der Waals surface area contributed by atoms with Crippen molar-refractivity contribution < 1.29 is 18.9 Å². The number of hydrogen-bond acceptors (Lipinski definition) is 6. The third kappa shape index (κ3) is 5.81. The van der Waals surface area contributed by atoms with Crippen LogP contribution in [0.5, 0.6) is 23.0 Å². The Kier molecular flexibility index (Phi) is 10.0. The molecule has 1 saturated heterocycles. The van der Waals surface area contributed by atoms with Crippen LogP contribution in [0, 0.1) is 0 Å². The molecule has 0 spiro atoms. The molecule has 1 aliphatic rings. The van der Waals surface area contributed by atoms with Crippen molar-refractivity contribution in [2.75, 3.05) is 66.6 Å². The second-order valence-electron chi connectivity index (χ2n) is 7.07. The van der Waals surface area contributed by atoms with Gasteiger partial charge in [-0.15, -0.1) is 24.0 Å². The van der Waals surface area contributed by atoms with Crippen LogP contribution >= 0.6 is 24.0 Å². The van der Waals surface area contributed by atoms with E-state index in [1.807, 2.05) is 30.3 Å². The molecule has 0 bridgehead atoms. The number of ether oxygens (including phenoxy) is 4. The molecule has 0 aliphatic carbocycles. The summed E-state index contributed by atoms with van der Waals surface area (Å²) in [5.41, 5.74) is 2.09. The molecule has 2 aromatic carbocycles. The molecule has 2 aromatic rings. The van der Waals surface area contributed by atoms with Crippen LogP contribution in [0.4, 0.5) is 5.69 Å². The van der Waals surface area contributed by atoms with E-state index in [9.17, 15) is 0 Å². The SMILES string of the molecule is CN=C(NCc1cc(OC)c(OC)cc1OC)N1CCN(c2ccccc2OC)CC1.I. The van der Waals surface area contributed by atoms with E-state index in [1.165, 1.54) is 0 Å². The molecule has 0 aromatic heterocycles. The highest BCUT2D eigenvalue weighted by molar-refractivity contribution is 14.0. The van der Waals surface area contributed by atoms with E-state index in [2.05, 4.69) is 26.2 Å². The normalized spacial score (nSPS) is 13.8. The van der Waals surface area contributed by atoms with Crippen molar-refractivity contribution in [3.8, 4) is 23.0 Å². The Morgan fingerprint density at radius 3 is 2.03 bits per heavy atom. The summed E-state index contributed by atoms with van der Waals surface area (Å²) in [4.78, 5) is 9.09. The Hall–Kier alpha value is -2.56. The Balaban J connectivity index is 0.00000363. The van der Waals surface area contributed by atoms with Gasteiger partial charge in [-0.05, 0) is 18.2 Å². The Bertz CT molecular complexity index is 902. The minimum atomic E-state index is 0. The van der Waals surface area contributed by atoms with Crippen LogP contribution in [-0.2, 0) is 6.54 Å². The van der Waals surface area contributed by atoms with Crippen molar-refractivity contribution >= 4 is 35.6 Å². The molecule has 0 saturated carbocycles. The Morgan fingerprint density at radius 2 is 1.44 bits per heavy atom. The summed E-state index contributed by atoms with van der Waals surface area (Å²) in [7, 11) is 8.41. The zero-order valence-electron chi connectivity index (χ0n) is 19.4. The van der Waals surface area contributed by atoms with E-state index < -0.39 is 0 Å². The summed E-state index contributed by atoms with van der Waals surface area (Å²) in [6.07, 6.45) is 0. The molecule has 3 rings (SSSR count). The topological polar surface area (TPSA) is 67.8 Å². The van der Waals surface area contributed by atoms with Gasteiger partial charge in [-0.1, -0.05) is 12.1 Å². The van der Waals surface area contributed by atoms with Crippen LogP contribution in [0.2, 0.25) is 0 Å². The molecular weight excluding hydrogens is 523 g/mol. The number of nitrogens with zero attached hydrogens (tertiary/aromatic N) is 3. The van der Waals surface area contributed by atoms with Gasteiger partial charge in [-0.25, -0.2) is 0 Å². The van der Waals surface area contributed by atoms with Gasteiger partial charge in [-0.3, -0.25) is 4.99 Å². The highest BCUT2D eigenvalue weighted by atomic mass is 127. The summed E-state index contributed by atoms with van der Waals surface area (Å²) < 4.78 is 21.9. The number of anilines is 1. The lowest BCUT2D eigenvalue weighted by Gasteiger charge is -2.38. The predicted octanol–water partition coefficient (Wildman–Crippen LogP) is 3.24. The monoisotopic (exact) mass is 556 g/mol. The van der Waals surface area contributed by atoms with Crippen LogP contribution in [0.1, 0.15) is 5.56 Å². The molecule has 0 amide bonds. The van der Waals surface area contributed by atoms with Crippen LogP contribution in [0.15, 0.2) is 41.4 Å². The molecule has 0 radical (unpaired) electrons. The quantitative estimate of drug-likeness (QED) is 0.319. The largest absolute Gasteiger partial charge is 0.496 e. The number of halogens is 1. The minimum absolute atomic E-state index is 0. The maximum absolute atomic E-state index is 5.54. The second kappa shape index (κ2) is 12.5. The van der Waals surface area contributed by atoms with Crippen molar-refractivity contribution in [2.24, 2.45) is 4.99 Å². The lowest BCUT2D eigenvalue weighted by Crippen LogP contribution is -2.52. The summed E-state index contributed by atoms with van der Waals surface area (Å²) in [6, 6.07) is 11.9. The third-order valence-corrected chi connectivity index (χ3v) is 5.44. The van der Waals surface area contributed by atoms with Gasteiger partial charge in [0.15, 0.2) is 17.5 Å². The zero-order chi connectivity index (χ0) is 22.2. The molecule has 176 valence electrons. The lowest BCUT2D eigenvalue weighted by atomic mass is 10.1. The molecule has 0 atom stereocenters. The molecule has 0 unspecified atom stereocenters. The first-order valence-electron chi connectivity index (χ1n) is 10.3. The fraction of sp³-hybridized carbons (Fsp3) is 0.435. The van der Waals surface area contributed by atoms with Crippen LogP contribution in [0.25, 0.3) is 0 Å². The fourth-order valence-corrected chi connectivity index (χ4v) is 3.79. The molecule has 1 aliphatic heterocycles. The first kappa shape index (κ1) is 25.7. The van der Waals surface area contributed by atoms with E-state index in [1.54, 1.807) is 35.5 Å². The minimum Gasteiger partial charge on any atom is -0.496 e. The third-order valence-electron chi connectivity index (χ3n) is 5.44. The number of rotatable bonds is 7. The van der Waals surface area contributed by atoms with Crippen molar-refractivity contribution in [3.63, 3.8) is 0 Å². The molecule has 1 heterocycles. The number of benzene rings is 2. The molecule has 8 nitrogen and oxygen atoms in total. The number of guanidine groups is 1. The predicted molar refractivity (Wildman–Crippen MR) is 138 cm³/mol. The first-order chi connectivity index (χ1) is 15.1. The number of nitrogens with one attached hydrogen (secondary N) is 1. The van der Waals surface area contributed by atoms with Gasteiger partial charge < -0.3 is 34.1 Å². The fourth-order valence-electron chi connectivity index (χ4n) is 3.79. The van der Waals surface area contributed by atoms with Gasteiger partial charge in [0.25, 0.3) is 0 Å². The number of hydrogen-bond donors (Lipinski definition) is 1. The van der Waals surface area contributed by atoms with Crippen LogP contribution in [-0.4, -0.2) is 72.5 Å². The van der Waals surface area contributed by atoms with E-state index in [0.717, 1.165) is 54.9 Å². The van der Waals surface area contributed by atoms with E-state index in [4.69, 9.17) is 18.9 Å². The maximum Gasteiger partial charge on any atom is 0.194 e. The van der Waals surface area contributed by atoms with Crippen molar-refractivity contribution in [1.82, 2.24) is 10.2 Å². The molecule has 9 heteroatoms. The molecular formula is C23H33IN4O4. The number of piperazine rings is 1. The average molecular weight is 556 g/mol. The van der Waals surface area contributed by atoms with Crippen molar-refractivity contribution in [2.45, 2.75) is 6.54 Å². The van der Waals surface area contributed by atoms with E-state index in [0.29, 0.717) is 18.0 Å². The van der Waals surface area contributed by atoms with E-state index >= 15 is 0 Å². The van der Waals surface area contributed by atoms with Gasteiger partial charge in [0.1, 0.15) is 11.5 Å². The zero-order valence-corrected chi connectivity index (χ0v) is 21.7. The van der Waals surface area contributed by atoms with Gasteiger partial charge >= 0.3 is 0 Å². The second-order valence-corrected chi connectivity index (χ2v) is 7.07. The van der Waals surface area contributed by atoms with Gasteiger partial charge in [-0.2, -0.15) is 0 Å². The Labute approximate surface area is 207 Å².